The Morgan fingerprint density at radius 1 is 0.962 bits per heavy atom. The molecule has 1 N–H and O–H groups in total. The van der Waals surface area contributed by atoms with E-state index in [-0.39, 0.29) is 11.9 Å². The number of hydrogen-bond acceptors (Lipinski definition) is 5. The first-order valence-corrected chi connectivity index (χ1v) is 8.28. The highest BCUT2D eigenvalue weighted by atomic mass is 16.5. The zero-order chi connectivity index (χ0) is 19.1. The van der Waals surface area contributed by atoms with Crippen LogP contribution in [-0.4, -0.2) is 30.5 Å². The quantitative estimate of drug-likeness (QED) is 0.636. The van der Waals surface area contributed by atoms with Gasteiger partial charge >= 0.3 is 11.9 Å². The number of benzene rings is 2. The third-order valence-electron chi connectivity index (χ3n) is 3.57. The van der Waals surface area contributed by atoms with Crippen LogP contribution in [0.4, 0.5) is 0 Å². The van der Waals surface area contributed by atoms with Gasteiger partial charge in [-0.25, -0.2) is 4.79 Å². The molecule has 0 radical (unpaired) electrons. The molecule has 6 nitrogen and oxygen atoms in total. The van der Waals surface area contributed by atoms with Gasteiger partial charge in [-0.15, -0.1) is 0 Å². The molecule has 0 aromatic heterocycles. The SMILES string of the molecule is CCNC(=O)[C@H](C)OC(=O)c1ccc(-c2ccc(OC(C)=O)cc2)cc1. The molecule has 0 spiro atoms. The fraction of sp³-hybridized carbons (Fsp3) is 0.250. The van der Waals surface area contributed by atoms with Crippen molar-refractivity contribution in [3.05, 3.63) is 54.1 Å². The highest BCUT2D eigenvalue weighted by Crippen LogP contribution is 2.23. The van der Waals surface area contributed by atoms with Gasteiger partial charge in [0.05, 0.1) is 5.56 Å². The molecule has 1 amide bonds. The van der Waals surface area contributed by atoms with E-state index in [9.17, 15) is 14.4 Å². The highest BCUT2D eigenvalue weighted by molar-refractivity contribution is 5.92. The summed E-state index contributed by atoms with van der Waals surface area (Å²) in [5.41, 5.74) is 2.17. The largest absolute Gasteiger partial charge is 0.449 e. The molecule has 2 rings (SSSR count). The van der Waals surface area contributed by atoms with E-state index in [4.69, 9.17) is 9.47 Å². The van der Waals surface area contributed by atoms with Gasteiger partial charge in [0.1, 0.15) is 5.75 Å². The minimum Gasteiger partial charge on any atom is -0.449 e. The molecule has 0 saturated carbocycles. The minimum atomic E-state index is -0.851. The second-order valence-electron chi connectivity index (χ2n) is 5.64. The van der Waals surface area contributed by atoms with E-state index in [1.807, 2.05) is 12.1 Å². The summed E-state index contributed by atoms with van der Waals surface area (Å²) in [7, 11) is 0. The third kappa shape index (κ3) is 5.17. The summed E-state index contributed by atoms with van der Waals surface area (Å²) in [5, 5.41) is 2.60. The van der Waals surface area contributed by atoms with E-state index in [2.05, 4.69) is 5.32 Å². The number of hydrogen-bond donors (Lipinski definition) is 1. The molecular weight excluding hydrogens is 334 g/mol. The summed E-state index contributed by atoms with van der Waals surface area (Å²) < 4.78 is 10.1. The monoisotopic (exact) mass is 355 g/mol. The number of nitrogens with one attached hydrogen (secondary N) is 1. The maximum absolute atomic E-state index is 12.1. The summed E-state index contributed by atoms with van der Waals surface area (Å²) in [6.45, 7) is 5.15. The molecule has 2 aromatic carbocycles. The zero-order valence-electron chi connectivity index (χ0n) is 14.9. The summed E-state index contributed by atoms with van der Waals surface area (Å²) in [5.74, 6) is -0.783. The van der Waals surface area contributed by atoms with Crippen LogP contribution in [-0.2, 0) is 14.3 Å². The molecule has 0 aliphatic heterocycles. The van der Waals surface area contributed by atoms with Gasteiger partial charge < -0.3 is 14.8 Å². The summed E-state index contributed by atoms with van der Waals surface area (Å²) >= 11 is 0. The molecule has 0 aliphatic carbocycles. The number of carbonyl (C=O) groups excluding carboxylic acids is 3. The molecule has 0 heterocycles. The lowest BCUT2D eigenvalue weighted by Crippen LogP contribution is -2.35. The number of likely N-dealkylation sites (N-methyl/N-ethyl adjacent to an activating group) is 1. The van der Waals surface area contributed by atoms with Crippen LogP contribution < -0.4 is 10.1 Å². The van der Waals surface area contributed by atoms with Crippen LogP contribution in [0.2, 0.25) is 0 Å². The van der Waals surface area contributed by atoms with Gasteiger partial charge in [-0.05, 0) is 49.2 Å². The standard InChI is InChI=1S/C20H21NO5/c1-4-21-19(23)13(2)25-20(24)17-7-5-15(6-8-17)16-9-11-18(12-10-16)26-14(3)22/h5-13H,4H2,1-3H3,(H,21,23)/t13-/m0/s1. The van der Waals surface area contributed by atoms with Crippen molar-refractivity contribution in [1.82, 2.24) is 5.32 Å². The lowest BCUT2D eigenvalue weighted by atomic mass is 10.0. The second-order valence-corrected chi connectivity index (χ2v) is 5.64. The number of esters is 2. The van der Waals surface area contributed by atoms with Gasteiger partial charge in [0, 0.05) is 13.5 Å². The first-order chi connectivity index (χ1) is 12.4. The predicted molar refractivity (Wildman–Crippen MR) is 96.7 cm³/mol. The van der Waals surface area contributed by atoms with Gasteiger partial charge in [0.15, 0.2) is 6.10 Å². The van der Waals surface area contributed by atoms with Crippen LogP contribution in [0.25, 0.3) is 11.1 Å². The maximum Gasteiger partial charge on any atom is 0.338 e. The summed E-state index contributed by atoms with van der Waals surface area (Å²) in [4.78, 5) is 34.7. The van der Waals surface area contributed by atoms with Crippen molar-refractivity contribution < 1.29 is 23.9 Å². The summed E-state index contributed by atoms with van der Waals surface area (Å²) in [6, 6.07) is 13.9. The number of rotatable bonds is 6. The Balaban J connectivity index is 2.04. The molecule has 26 heavy (non-hydrogen) atoms. The Hall–Kier alpha value is -3.15. The molecule has 136 valence electrons. The van der Waals surface area contributed by atoms with Crippen LogP contribution in [0.3, 0.4) is 0 Å². The lowest BCUT2D eigenvalue weighted by molar-refractivity contribution is -0.132. The molecule has 0 unspecified atom stereocenters. The fourth-order valence-corrected chi connectivity index (χ4v) is 2.28. The number of ether oxygens (including phenoxy) is 2. The van der Waals surface area contributed by atoms with Gasteiger partial charge in [-0.2, -0.15) is 0 Å². The molecule has 0 aliphatic rings. The zero-order valence-corrected chi connectivity index (χ0v) is 14.9. The van der Waals surface area contributed by atoms with Gasteiger partial charge in [0.25, 0.3) is 5.91 Å². The molecular formula is C20H21NO5. The van der Waals surface area contributed by atoms with Crippen LogP contribution in [0.5, 0.6) is 5.75 Å². The second kappa shape index (κ2) is 8.80. The van der Waals surface area contributed by atoms with Crippen LogP contribution in [0, 0.1) is 0 Å². The molecule has 0 bridgehead atoms. The van der Waals surface area contributed by atoms with Crippen LogP contribution in [0.15, 0.2) is 48.5 Å². The Kier molecular flexibility index (Phi) is 6.49. The molecule has 0 fully saturated rings. The highest BCUT2D eigenvalue weighted by Gasteiger charge is 2.18. The van der Waals surface area contributed by atoms with Crippen LogP contribution >= 0.6 is 0 Å². The van der Waals surface area contributed by atoms with E-state index < -0.39 is 12.1 Å². The Labute approximate surface area is 152 Å². The normalized spacial score (nSPS) is 11.3. The Morgan fingerprint density at radius 2 is 1.50 bits per heavy atom. The van der Waals surface area contributed by atoms with Crippen molar-refractivity contribution in [2.45, 2.75) is 26.9 Å². The topological polar surface area (TPSA) is 81.7 Å². The van der Waals surface area contributed by atoms with E-state index in [0.717, 1.165) is 11.1 Å². The average molecular weight is 355 g/mol. The van der Waals surface area contributed by atoms with Crippen molar-refractivity contribution >= 4 is 17.8 Å². The van der Waals surface area contributed by atoms with Crippen molar-refractivity contribution in [2.75, 3.05) is 6.54 Å². The summed E-state index contributed by atoms with van der Waals surface area (Å²) in [6.07, 6.45) is -0.851. The molecule has 1 atom stereocenters. The smallest absolute Gasteiger partial charge is 0.338 e. The van der Waals surface area contributed by atoms with Gasteiger partial charge in [-0.1, -0.05) is 24.3 Å². The number of amides is 1. The average Bonchev–Trinajstić information content (AvgIpc) is 2.62. The van der Waals surface area contributed by atoms with Crippen molar-refractivity contribution in [1.29, 1.82) is 0 Å². The van der Waals surface area contributed by atoms with E-state index in [0.29, 0.717) is 17.9 Å². The first-order valence-electron chi connectivity index (χ1n) is 8.28. The van der Waals surface area contributed by atoms with Crippen molar-refractivity contribution in [2.24, 2.45) is 0 Å². The maximum atomic E-state index is 12.1. The third-order valence-corrected chi connectivity index (χ3v) is 3.57. The Bertz CT molecular complexity index is 781. The number of carbonyl (C=O) groups is 3. The molecule has 6 heteroatoms. The molecule has 2 aromatic rings. The fourth-order valence-electron chi connectivity index (χ4n) is 2.28. The Morgan fingerprint density at radius 3 is 2.00 bits per heavy atom. The van der Waals surface area contributed by atoms with Crippen LogP contribution in [0.1, 0.15) is 31.1 Å². The lowest BCUT2D eigenvalue weighted by Gasteiger charge is -2.13. The van der Waals surface area contributed by atoms with Crippen molar-refractivity contribution in [3.8, 4) is 16.9 Å². The van der Waals surface area contributed by atoms with Gasteiger partial charge in [0.2, 0.25) is 0 Å². The van der Waals surface area contributed by atoms with Gasteiger partial charge in [-0.3, -0.25) is 9.59 Å². The van der Waals surface area contributed by atoms with Crippen molar-refractivity contribution in [3.63, 3.8) is 0 Å². The predicted octanol–water partition coefficient (Wildman–Crippen LogP) is 2.96. The minimum absolute atomic E-state index is 0.328. The molecule has 0 saturated heterocycles. The van der Waals surface area contributed by atoms with E-state index in [1.54, 1.807) is 43.3 Å². The first kappa shape index (κ1) is 19.2. The van der Waals surface area contributed by atoms with E-state index in [1.165, 1.54) is 13.8 Å². The van der Waals surface area contributed by atoms with E-state index >= 15 is 0 Å².